The SMILES string of the molecule is COC(=O)C(Cc1nc(C(=O)NCc2coc(-c3ccc(Cl)cc3)n2)co1)NCc1ccccc1. The minimum absolute atomic E-state index is 0.0908. The van der Waals surface area contributed by atoms with Gasteiger partial charge in [-0.25, -0.2) is 9.97 Å². The van der Waals surface area contributed by atoms with Gasteiger partial charge in [-0.3, -0.25) is 14.9 Å². The van der Waals surface area contributed by atoms with Crippen LogP contribution in [-0.2, 0) is 29.0 Å². The number of nitrogens with zero attached hydrogens (tertiary/aromatic N) is 2. The number of oxazole rings is 2. The fourth-order valence-electron chi connectivity index (χ4n) is 3.28. The molecule has 4 aromatic rings. The molecule has 0 aliphatic carbocycles. The number of halogens is 1. The molecule has 10 heteroatoms. The Morgan fingerprint density at radius 3 is 2.51 bits per heavy atom. The molecule has 1 amide bonds. The number of amides is 1. The number of rotatable bonds is 10. The molecule has 2 heterocycles. The number of hydrogen-bond donors (Lipinski definition) is 2. The molecule has 1 unspecified atom stereocenters. The fraction of sp³-hybridized carbons (Fsp3) is 0.200. The normalized spacial score (nSPS) is 11.7. The molecule has 0 bridgehead atoms. The number of hydrogen-bond acceptors (Lipinski definition) is 8. The molecule has 2 aromatic heterocycles. The Kier molecular flexibility index (Phi) is 7.92. The summed E-state index contributed by atoms with van der Waals surface area (Å²) in [5.74, 6) is -0.236. The number of nitrogens with one attached hydrogen (secondary N) is 2. The third-order valence-corrected chi connectivity index (χ3v) is 5.37. The molecular weight excluding hydrogens is 472 g/mol. The van der Waals surface area contributed by atoms with E-state index in [1.807, 2.05) is 30.3 Å². The minimum atomic E-state index is -0.684. The summed E-state index contributed by atoms with van der Waals surface area (Å²) in [5.41, 5.74) is 2.42. The largest absolute Gasteiger partial charge is 0.468 e. The van der Waals surface area contributed by atoms with E-state index in [9.17, 15) is 9.59 Å². The number of carbonyl (C=O) groups is 2. The zero-order valence-electron chi connectivity index (χ0n) is 18.9. The first kappa shape index (κ1) is 24.2. The molecule has 4 rings (SSSR count). The Balaban J connectivity index is 1.32. The summed E-state index contributed by atoms with van der Waals surface area (Å²) in [4.78, 5) is 33.3. The second-order valence-electron chi connectivity index (χ2n) is 7.61. The number of aromatic nitrogens is 2. The molecule has 0 radical (unpaired) electrons. The van der Waals surface area contributed by atoms with Gasteiger partial charge in [0.2, 0.25) is 5.89 Å². The van der Waals surface area contributed by atoms with Gasteiger partial charge in [0.05, 0.1) is 25.8 Å². The monoisotopic (exact) mass is 494 g/mol. The lowest BCUT2D eigenvalue weighted by Crippen LogP contribution is -2.39. The van der Waals surface area contributed by atoms with Crippen LogP contribution >= 0.6 is 11.6 Å². The third kappa shape index (κ3) is 6.56. The van der Waals surface area contributed by atoms with Crippen LogP contribution in [0.25, 0.3) is 11.5 Å². The Labute approximate surface area is 206 Å². The van der Waals surface area contributed by atoms with E-state index in [0.717, 1.165) is 11.1 Å². The van der Waals surface area contributed by atoms with Crippen molar-refractivity contribution in [2.75, 3.05) is 7.11 Å². The third-order valence-electron chi connectivity index (χ3n) is 5.12. The smallest absolute Gasteiger partial charge is 0.323 e. The Bertz CT molecular complexity index is 1270. The van der Waals surface area contributed by atoms with Crippen LogP contribution in [0.2, 0.25) is 5.02 Å². The van der Waals surface area contributed by atoms with Gasteiger partial charge in [-0.15, -0.1) is 0 Å². The molecule has 0 aliphatic rings. The molecule has 0 saturated carbocycles. The van der Waals surface area contributed by atoms with Crippen molar-refractivity contribution in [1.82, 2.24) is 20.6 Å². The number of benzene rings is 2. The predicted molar refractivity (Wildman–Crippen MR) is 127 cm³/mol. The summed E-state index contributed by atoms with van der Waals surface area (Å²) in [6.45, 7) is 0.603. The first-order valence-electron chi connectivity index (χ1n) is 10.8. The van der Waals surface area contributed by atoms with Crippen molar-refractivity contribution < 1.29 is 23.2 Å². The van der Waals surface area contributed by atoms with Crippen LogP contribution in [0.4, 0.5) is 0 Å². The van der Waals surface area contributed by atoms with E-state index < -0.39 is 17.9 Å². The standard InChI is InChI=1S/C25H23ClN4O5/c1-33-25(32)20(27-12-16-5-3-2-4-6-16)11-22-30-21(15-34-22)23(31)28-13-19-14-35-24(29-19)17-7-9-18(26)10-8-17/h2-10,14-15,20,27H,11-13H2,1H3,(H,28,31). The highest BCUT2D eigenvalue weighted by Gasteiger charge is 2.23. The van der Waals surface area contributed by atoms with Crippen molar-refractivity contribution in [2.45, 2.75) is 25.6 Å². The van der Waals surface area contributed by atoms with Gasteiger partial charge in [-0.1, -0.05) is 41.9 Å². The molecule has 0 fully saturated rings. The average Bonchev–Trinajstić information content (AvgIpc) is 3.56. The van der Waals surface area contributed by atoms with Crippen LogP contribution in [0.15, 0.2) is 76.0 Å². The molecule has 180 valence electrons. The summed E-state index contributed by atoms with van der Waals surface area (Å²) < 4.78 is 15.8. The van der Waals surface area contributed by atoms with Gasteiger partial charge in [-0.2, -0.15) is 0 Å². The highest BCUT2D eigenvalue weighted by molar-refractivity contribution is 6.30. The Morgan fingerprint density at radius 1 is 1.00 bits per heavy atom. The molecule has 9 nitrogen and oxygen atoms in total. The van der Waals surface area contributed by atoms with Crippen LogP contribution in [0.3, 0.4) is 0 Å². The van der Waals surface area contributed by atoms with Crippen molar-refractivity contribution >= 4 is 23.5 Å². The first-order valence-corrected chi connectivity index (χ1v) is 11.2. The van der Waals surface area contributed by atoms with Gasteiger partial charge in [0, 0.05) is 17.1 Å². The van der Waals surface area contributed by atoms with Crippen molar-refractivity contribution in [3.8, 4) is 11.5 Å². The summed E-state index contributed by atoms with van der Waals surface area (Å²) in [6, 6.07) is 16.0. The second-order valence-corrected chi connectivity index (χ2v) is 8.04. The molecule has 1 atom stereocenters. The number of esters is 1. The summed E-state index contributed by atoms with van der Waals surface area (Å²) >= 11 is 5.90. The van der Waals surface area contributed by atoms with E-state index in [2.05, 4.69) is 20.6 Å². The number of ether oxygens (including phenoxy) is 1. The van der Waals surface area contributed by atoms with Gasteiger partial charge in [0.25, 0.3) is 5.91 Å². The van der Waals surface area contributed by atoms with Crippen molar-refractivity contribution in [2.24, 2.45) is 0 Å². The maximum Gasteiger partial charge on any atom is 0.323 e. The van der Waals surface area contributed by atoms with E-state index in [0.29, 0.717) is 23.2 Å². The molecule has 0 aliphatic heterocycles. The van der Waals surface area contributed by atoms with Crippen LogP contribution in [0, 0.1) is 0 Å². The topological polar surface area (TPSA) is 119 Å². The highest BCUT2D eigenvalue weighted by Crippen LogP contribution is 2.21. The lowest BCUT2D eigenvalue weighted by Gasteiger charge is -2.14. The molecule has 0 saturated heterocycles. The fourth-order valence-corrected chi connectivity index (χ4v) is 3.40. The van der Waals surface area contributed by atoms with E-state index in [1.54, 1.807) is 24.3 Å². The first-order chi connectivity index (χ1) is 17.0. The van der Waals surface area contributed by atoms with E-state index >= 15 is 0 Å². The number of methoxy groups -OCH3 is 1. The van der Waals surface area contributed by atoms with Gasteiger partial charge in [0.15, 0.2) is 11.6 Å². The zero-order valence-corrected chi connectivity index (χ0v) is 19.6. The highest BCUT2D eigenvalue weighted by atomic mass is 35.5. The molecule has 35 heavy (non-hydrogen) atoms. The van der Waals surface area contributed by atoms with Gasteiger partial charge in [0.1, 0.15) is 18.6 Å². The second kappa shape index (κ2) is 11.5. The quantitative estimate of drug-likeness (QED) is 0.319. The van der Waals surface area contributed by atoms with Crippen LogP contribution in [-0.4, -0.2) is 35.0 Å². The van der Waals surface area contributed by atoms with E-state index in [4.69, 9.17) is 25.2 Å². The van der Waals surface area contributed by atoms with E-state index in [-0.39, 0.29) is 24.6 Å². The van der Waals surface area contributed by atoms with Gasteiger partial charge in [-0.05, 0) is 29.8 Å². The van der Waals surface area contributed by atoms with Crippen LogP contribution in [0.5, 0.6) is 0 Å². The lowest BCUT2D eigenvalue weighted by molar-refractivity contribution is -0.143. The Morgan fingerprint density at radius 2 is 1.77 bits per heavy atom. The molecular formula is C25H23ClN4O5. The number of carbonyl (C=O) groups excluding carboxylic acids is 2. The van der Waals surface area contributed by atoms with Gasteiger partial charge < -0.3 is 18.9 Å². The lowest BCUT2D eigenvalue weighted by atomic mass is 10.1. The average molecular weight is 495 g/mol. The zero-order chi connectivity index (χ0) is 24.6. The van der Waals surface area contributed by atoms with E-state index in [1.165, 1.54) is 19.6 Å². The predicted octanol–water partition coefficient (Wildman–Crippen LogP) is 3.79. The maximum atomic E-state index is 12.5. The van der Waals surface area contributed by atoms with Crippen LogP contribution < -0.4 is 10.6 Å². The maximum absolute atomic E-state index is 12.5. The summed E-state index contributed by atoms with van der Waals surface area (Å²) in [6.07, 6.45) is 2.84. The minimum Gasteiger partial charge on any atom is -0.468 e. The molecule has 2 aromatic carbocycles. The summed E-state index contributed by atoms with van der Waals surface area (Å²) in [7, 11) is 1.32. The van der Waals surface area contributed by atoms with Crippen molar-refractivity contribution in [3.63, 3.8) is 0 Å². The van der Waals surface area contributed by atoms with Crippen molar-refractivity contribution in [3.05, 3.63) is 95.0 Å². The van der Waals surface area contributed by atoms with Crippen LogP contribution in [0.1, 0.15) is 27.6 Å². The molecule has 0 spiro atoms. The summed E-state index contributed by atoms with van der Waals surface area (Å²) in [5, 5.41) is 6.48. The van der Waals surface area contributed by atoms with Gasteiger partial charge >= 0.3 is 5.97 Å². The van der Waals surface area contributed by atoms with Crippen molar-refractivity contribution in [1.29, 1.82) is 0 Å². The molecule has 2 N–H and O–H groups in total. The Hall–Kier alpha value is -3.95.